The summed E-state index contributed by atoms with van der Waals surface area (Å²) < 4.78 is 6.94. The number of nitrogens with one attached hydrogen (secondary N) is 1. The number of benzene rings is 4. The maximum atomic E-state index is 12.0. The Morgan fingerprint density at radius 3 is 2.45 bits per heavy atom. The lowest BCUT2D eigenvalue weighted by Crippen LogP contribution is -2.19. The van der Waals surface area contributed by atoms with E-state index in [0.29, 0.717) is 6.61 Å². The van der Waals surface area contributed by atoms with Crippen molar-refractivity contribution in [3.63, 3.8) is 0 Å². The second kappa shape index (κ2) is 10.0. The molecule has 4 nitrogen and oxygen atoms in total. The standard InChI is InChI=1S/C26H21BrN2O2/c27-23-12-8-19(9-13-23)16-26(30)29-28-17-20-10-14-24(15-11-20)31-18-22-6-3-5-21-4-1-2-7-25(21)22/h1-15,17H,16,18H2,(H,29,30)/b28-17-. The van der Waals surface area contributed by atoms with Crippen LogP contribution >= 0.6 is 15.9 Å². The summed E-state index contributed by atoms with van der Waals surface area (Å²) in [5.41, 5.74) is 5.52. The summed E-state index contributed by atoms with van der Waals surface area (Å²) in [6, 6.07) is 29.8. The highest BCUT2D eigenvalue weighted by atomic mass is 79.9. The van der Waals surface area contributed by atoms with Crippen LogP contribution in [0.2, 0.25) is 0 Å². The Kier molecular flexibility index (Phi) is 6.75. The fourth-order valence-electron chi connectivity index (χ4n) is 3.24. The van der Waals surface area contributed by atoms with E-state index in [0.717, 1.165) is 26.9 Å². The number of carbonyl (C=O) groups excluding carboxylic acids is 1. The maximum Gasteiger partial charge on any atom is 0.244 e. The molecular formula is C26H21BrN2O2. The first-order valence-electron chi connectivity index (χ1n) is 9.93. The third-order valence-corrected chi connectivity index (χ3v) is 5.36. The van der Waals surface area contributed by atoms with Gasteiger partial charge in [-0.15, -0.1) is 0 Å². The first-order chi connectivity index (χ1) is 15.2. The number of rotatable bonds is 7. The smallest absolute Gasteiger partial charge is 0.244 e. The first-order valence-corrected chi connectivity index (χ1v) is 10.7. The van der Waals surface area contributed by atoms with Crippen molar-refractivity contribution in [1.29, 1.82) is 0 Å². The number of nitrogens with zero attached hydrogens (tertiary/aromatic N) is 1. The van der Waals surface area contributed by atoms with Crippen molar-refractivity contribution in [1.82, 2.24) is 5.43 Å². The lowest BCUT2D eigenvalue weighted by atomic mass is 10.1. The molecular weight excluding hydrogens is 452 g/mol. The van der Waals surface area contributed by atoms with Crippen LogP contribution in [0.25, 0.3) is 10.8 Å². The molecule has 0 aromatic heterocycles. The Hall–Kier alpha value is -3.44. The van der Waals surface area contributed by atoms with Crippen molar-refractivity contribution in [2.75, 3.05) is 0 Å². The highest BCUT2D eigenvalue weighted by molar-refractivity contribution is 9.10. The number of hydrazone groups is 1. The molecule has 5 heteroatoms. The average molecular weight is 473 g/mol. The lowest BCUT2D eigenvalue weighted by Gasteiger charge is -2.09. The molecule has 0 aliphatic rings. The molecule has 1 N–H and O–H groups in total. The van der Waals surface area contributed by atoms with Gasteiger partial charge in [-0.1, -0.05) is 70.5 Å². The van der Waals surface area contributed by atoms with Crippen LogP contribution in [-0.2, 0) is 17.8 Å². The van der Waals surface area contributed by atoms with Crippen LogP contribution in [0.1, 0.15) is 16.7 Å². The van der Waals surface area contributed by atoms with Crippen LogP contribution < -0.4 is 10.2 Å². The molecule has 4 aromatic carbocycles. The number of hydrogen-bond acceptors (Lipinski definition) is 3. The molecule has 4 aromatic rings. The van der Waals surface area contributed by atoms with Gasteiger partial charge < -0.3 is 4.74 Å². The molecule has 0 bridgehead atoms. The Labute approximate surface area is 189 Å². The highest BCUT2D eigenvalue weighted by Gasteiger charge is 2.03. The Balaban J connectivity index is 1.29. The van der Waals surface area contributed by atoms with E-state index in [1.807, 2.05) is 66.7 Å². The van der Waals surface area contributed by atoms with Crippen LogP contribution in [-0.4, -0.2) is 12.1 Å². The molecule has 0 unspecified atom stereocenters. The van der Waals surface area contributed by atoms with Crippen LogP contribution in [0, 0.1) is 0 Å². The zero-order valence-electron chi connectivity index (χ0n) is 16.8. The minimum Gasteiger partial charge on any atom is -0.489 e. The van der Waals surface area contributed by atoms with Crippen molar-refractivity contribution in [3.8, 4) is 5.75 Å². The van der Waals surface area contributed by atoms with Crippen LogP contribution in [0.15, 0.2) is 101 Å². The summed E-state index contributed by atoms with van der Waals surface area (Å²) >= 11 is 3.38. The Bertz CT molecular complexity index is 1200. The van der Waals surface area contributed by atoms with E-state index in [4.69, 9.17) is 4.74 Å². The van der Waals surface area contributed by atoms with Gasteiger partial charge in [0.05, 0.1) is 12.6 Å². The molecule has 0 spiro atoms. The zero-order chi connectivity index (χ0) is 21.5. The minimum absolute atomic E-state index is 0.159. The van der Waals surface area contributed by atoms with Crippen molar-refractivity contribution < 1.29 is 9.53 Å². The lowest BCUT2D eigenvalue weighted by molar-refractivity contribution is -0.120. The summed E-state index contributed by atoms with van der Waals surface area (Å²) in [7, 11) is 0. The first kappa shape index (κ1) is 20.8. The van der Waals surface area contributed by atoms with Crippen LogP contribution in [0.4, 0.5) is 0 Å². The monoisotopic (exact) mass is 472 g/mol. The number of hydrogen-bond donors (Lipinski definition) is 1. The van der Waals surface area contributed by atoms with Crippen molar-refractivity contribution in [3.05, 3.63) is 112 Å². The van der Waals surface area contributed by atoms with Gasteiger partial charge in [0.2, 0.25) is 5.91 Å². The molecule has 0 saturated carbocycles. The highest BCUT2D eigenvalue weighted by Crippen LogP contribution is 2.21. The predicted molar refractivity (Wildman–Crippen MR) is 128 cm³/mol. The molecule has 31 heavy (non-hydrogen) atoms. The summed E-state index contributed by atoms with van der Waals surface area (Å²) in [5, 5.41) is 6.45. The largest absolute Gasteiger partial charge is 0.489 e. The quantitative estimate of drug-likeness (QED) is 0.270. The second-order valence-corrected chi connectivity index (χ2v) is 8.01. The summed E-state index contributed by atoms with van der Waals surface area (Å²) in [5.74, 6) is 0.623. The maximum absolute atomic E-state index is 12.0. The van der Waals surface area contributed by atoms with E-state index < -0.39 is 0 Å². The Morgan fingerprint density at radius 1 is 0.903 bits per heavy atom. The number of carbonyl (C=O) groups is 1. The van der Waals surface area contributed by atoms with Crippen molar-refractivity contribution >= 4 is 38.8 Å². The second-order valence-electron chi connectivity index (χ2n) is 7.09. The SMILES string of the molecule is O=C(Cc1ccc(Br)cc1)N/N=C\c1ccc(OCc2cccc3ccccc23)cc1. The molecule has 1 amide bonds. The van der Waals surface area contributed by atoms with E-state index in [1.165, 1.54) is 10.8 Å². The van der Waals surface area contributed by atoms with Gasteiger partial charge in [0.25, 0.3) is 0 Å². The van der Waals surface area contributed by atoms with Gasteiger partial charge in [-0.05, 0) is 63.9 Å². The van der Waals surface area contributed by atoms with Crippen LogP contribution in [0.5, 0.6) is 5.75 Å². The number of fused-ring (bicyclic) bond motifs is 1. The van der Waals surface area contributed by atoms with Gasteiger partial charge >= 0.3 is 0 Å². The van der Waals surface area contributed by atoms with Crippen LogP contribution in [0.3, 0.4) is 0 Å². The molecule has 0 aliphatic heterocycles. The third kappa shape index (κ3) is 5.80. The van der Waals surface area contributed by atoms with Crippen molar-refractivity contribution in [2.24, 2.45) is 5.10 Å². The van der Waals surface area contributed by atoms with E-state index in [9.17, 15) is 4.79 Å². The normalized spacial score (nSPS) is 11.0. The molecule has 154 valence electrons. The molecule has 0 heterocycles. The van der Waals surface area contributed by atoms with Gasteiger partial charge in [0.15, 0.2) is 0 Å². The summed E-state index contributed by atoms with van der Waals surface area (Å²) in [6.45, 7) is 0.501. The Morgan fingerprint density at radius 2 is 1.65 bits per heavy atom. The molecule has 0 aliphatic carbocycles. The number of amides is 1. The molecule has 0 atom stereocenters. The third-order valence-electron chi connectivity index (χ3n) is 4.84. The van der Waals surface area contributed by atoms with Crippen molar-refractivity contribution in [2.45, 2.75) is 13.0 Å². The van der Waals surface area contributed by atoms with Gasteiger partial charge in [-0.3, -0.25) is 4.79 Å². The zero-order valence-corrected chi connectivity index (χ0v) is 18.4. The van der Waals surface area contributed by atoms with E-state index >= 15 is 0 Å². The van der Waals surface area contributed by atoms with E-state index in [1.54, 1.807) is 6.21 Å². The topological polar surface area (TPSA) is 50.7 Å². The van der Waals surface area contributed by atoms with E-state index in [2.05, 4.69) is 50.7 Å². The van der Waals surface area contributed by atoms with Gasteiger partial charge in [-0.25, -0.2) is 5.43 Å². The van der Waals surface area contributed by atoms with Gasteiger partial charge in [-0.2, -0.15) is 5.10 Å². The molecule has 0 radical (unpaired) electrons. The molecule has 0 saturated heterocycles. The fourth-order valence-corrected chi connectivity index (χ4v) is 3.50. The average Bonchev–Trinajstić information content (AvgIpc) is 2.80. The van der Waals surface area contributed by atoms with E-state index in [-0.39, 0.29) is 12.3 Å². The van der Waals surface area contributed by atoms with Gasteiger partial charge in [0, 0.05) is 4.47 Å². The minimum atomic E-state index is -0.159. The number of halogens is 1. The molecule has 4 rings (SSSR count). The summed E-state index contributed by atoms with van der Waals surface area (Å²) in [4.78, 5) is 12.0. The fraction of sp³-hybridized carbons (Fsp3) is 0.0769. The number of ether oxygens (including phenoxy) is 1. The van der Waals surface area contributed by atoms with Gasteiger partial charge in [0.1, 0.15) is 12.4 Å². The summed E-state index contributed by atoms with van der Waals surface area (Å²) in [6.07, 6.45) is 1.90. The predicted octanol–water partition coefficient (Wildman–Crippen LogP) is 5.87. The molecule has 0 fully saturated rings.